The van der Waals surface area contributed by atoms with Gasteiger partial charge >= 0.3 is 0 Å². The van der Waals surface area contributed by atoms with E-state index < -0.39 is 17.6 Å². The number of carbonyl (C=O) groups excluding carboxylic acids is 1. The number of nitrogens with zero attached hydrogens (tertiary/aromatic N) is 3. The molecule has 0 spiro atoms. The maximum absolute atomic E-state index is 14.4. The number of rotatable bonds is 4. The van der Waals surface area contributed by atoms with Gasteiger partial charge in [-0.3, -0.25) is 9.69 Å². The van der Waals surface area contributed by atoms with Gasteiger partial charge in [0, 0.05) is 49.7 Å². The average molecular weight is 389 g/mol. The van der Waals surface area contributed by atoms with Gasteiger partial charge in [0.1, 0.15) is 29.0 Å². The number of morpholine rings is 1. The molecule has 28 heavy (non-hydrogen) atoms. The summed E-state index contributed by atoms with van der Waals surface area (Å²) in [6, 6.07) is 7.74. The molecule has 1 aromatic heterocycles. The summed E-state index contributed by atoms with van der Waals surface area (Å²) in [5.74, 6) is -0.818. The molecule has 4 rings (SSSR count). The zero-order chi connectivity index (χ0) is 19.7. The molecule has 0 bridgehead atoms. The molecule has 8 heteroatoms. The van der Waals surface area contributed by atoms with E-state index in [1.165, 1.54) is 12.0 Å². The third kappa shape index (κ3) is 3.52. The van der Waals surface area contributed by atoms with E-state index in [2.05, 4.69) is 9.88 Å². The van der Waals surface area contributed by atoms with Gasteiger partial charge in [0.05, 0.1) is 20.3 Å². The van der Waals surface area contributed by atoms with Crippen molar-refractivity contribution in [1.29, 1.82) is 0 Å². The van der Waals surface area contributed by atoms with Gasteiger partial charge in [0.2, 0.25) is 5.91 Å². The maximum Gasteiger partial charge on any atom is 0.228 e. The Morgan fingerprint density at radius 1 is 1.14 bits per heavy atom. The van der Waals surface area contributed by atoms with E-state index in [0.717, 1.165) is 31.0 Å². The van der Waals surface area contributed by atoms with Crippen molar-refractivity contribution in [1.82, 2.24) is 4.98 Å². The minimum Gasteiger partial charge on any atom is -0.497 e. The molecular formula is C20H21F2N3O3. The predicted octanol–water partition coefficient (Wildman–Crippen LogP) is 2.73. The minimum absolute atomic E-state index is 0.0314. The molecule has 3 heterocycles. The third-order valence-corrected chi connectivity index (χ3v) is 5.15. The fraction of sp³-hybridized carbons (Fsp3) is 0.400. The minimum atomic E-state index is -0.702. The van der Waals surface area contributed by atoms with Crippen LogP contribution >= 0.6 is 0 Å². The number of hydrogen-bond acceptors (Lipinski definition) is 5. The molecule has 6 nitrogen and oxygen atoms in total. The molecule has 1 unspecified atom stereocenters. The lowest BCUT2D eigenvalue weighted by atomic mass is 9.97. The number of anilines is 2. The molecule has 1 atom stereocenters. The van der Waals surface area contributed by atoms with E-state index >= 15 is 0 Å². The predicted molar refractivity (Wildman–Crippen MR) is 99.9 cm³/mol. The summed E-state index contributed by atoms with van der Waals surface area (Å²) in [5.41, 5.74) is -0.0824. The second-order valence-electron chi connectivity index (χ2n) is 6.86. The zero-order valence-electron chi connectivity index (χ0n) is 15.5. The Morgan fingerprint density at radius 2 is 1.82 bits per heavy atom. The van der Waals surface area contributed by atoms with Gasteiger partial charge in [-0.05, 0) is 12.1 Å². The van der Waals surface area contributed by atoms with E-state index in [-0.39, 0.29) is 30.2 Å². The van der Waals surface area contributed by atoms with Crippen LogP contribution in [-0.2, 0) is 9.53 Å². The standard InChI is InChI=1S/C20H21F2N3O3/c1-27-14-10-15(21)20(16(22)11-14)13-9-19(26)25(12-13)18-4-2-3-17(23-18)24-5-7-28-8-6-24/h2-4,10-11,13H,5-9,12H2,1H3. The van der Waals surface area contributed by atoms with Crippen LogP contribution < -0.4 is 14.5 Å². The van der Waals surface area contributed by atoms with Crippen molar-refractivity contribution in [3.8, 4) is 5.75 Å². The van der Waals surface area contributed by atoms with E-state index in [1.807, 2.05) is 12.1 Å². The van der Waals surface area contributed by atoms with E-state index in [1.54, 1.807) is 6.07 Å². The highest BCUT2D eigenvalue weighted by Crippen LogP contribution is 2.35. The van der Waals surface area contributed by atoms with Crippen LogP contribution in [0.5, 0.6) is 5.75 Å². The lowest BCUT2D eigenvalue weighted by molar-refractivity contribution is -0.117. The highest BCUT2D eigenvalue weighted by molar-refractivity contribution is 5.95. The van der Waals surface area contributed by atoms with Crippen molar-refractivity contribution in [3.63, 3.8) is 0 Å². The van der Waals surface area contributed by atoms with Gasteiger partial charge in [0.15, 0.2) is 0 Å². The normalized spacial score (nSPS) is 20.0. The van der Waals surface area contributed by atoms with Gasteiger partial charge in [-0.1, -0.05) is 6.07 Å². The highest BCUT2D eigenvalue weighted by atomic mass is 19.1. The van der Waals surface area contributed by atoms with Crippen LogP contribution in [0, 0.1) is 11.6 Å². The number of methoxy groups -OCH3 is 1. The quantitative estimate of drug-likeness (QED) is 0.805. The molecule has 0 aliphatic carbocycles. The number of aromatic nitrogens is 1. The van der Waals surface area contributed by atoms with Crippen molar-refractivity contribution < 1.29 is 23.0 Å². The van der Waals surface area contributed by atoms with Crippen LogP contribution in [0.15, 0.2) is 30.3 Å². The Bertz CT molecular complexity index is 864. The summed E-state index contributed by atoms with van der Waals surface area (Å²) in [6.45, 7) is 2.91. The van der Waals surface area contributed by atoms with Gasteiger partial charge in [-0.15, -0.1) is 0 Å². The molecule has 2 saturated heterocycles. The second kappa shape index (κ2) is 7.71. The van der Waals surface area contributed by atoms with Crippen LogP contribution in [0.25, 0.3) is 0 Å². The number of benzene rings is 1. The van der Waals surface area contributed by atoms with E-state index in [0.29, 0.717) is 19.0 Å². The number of hydrogen-bond donors (Lipinski definition) is 0. The summed E-state index contributed by atoms with van der Waals surface area (Å²) in [6.07, 6.45) is 0.0314. The number of amides is 1. The number of halogens is 2. The van der Waals surface area contributed by atoms with Crippen molar-refractivity contribution >= 4 is 17.5 Å². The summed E-state index contributed by atoms with van der Waals surface area (Å²) in [4.78, 5) is 20.8. The van der Waals surface area contributed by atoms with Crippen molar-refractivity contribution in [3.05, 3.63) is 47.5 Å². The molecule has 2 aliphatic heterocycles. The van der Waals surface area contributed by atoms with Crippen LogP contribution in [0.3, 0.4) is 0 Å². The third-order valence-electron chi connectivity index (χ3n) is 5.15. The van der Waals surface area contributed by atoms with E-state index in [4.69, 9.17) is 9.47 Å². The Labute approximate surface area is 161 Å². The first-order valence-electron chi connectivity index (χ1n) is 9.20. The number of carbonyl (C=O) groups is 1. The Balaban J connectivity index is 1.57. The topological polar surface area (TPSA) is 54.9 Å². The van der Waals surface area contributed by atoms with Crippen molar-refractivity contribution in [2.75, 3.05) is 49.8 Å². The Kier molecular flexibility index (Phi) is 5.13. The first kappa shape index (κ1) is 18.6. The van der Waals surface area contributed by atoms with Gasteiger partial charge in [-0.2, -0.15) is 0 Å². The van der Waals surface area contributed by atoms with Crippen LogP contribution in [0.1, 0.15) is 17.9 Å². The summed E-state index contributed by atoms with van der Waals surface area (Å²) >= 11 is 0. The molecule has 0 N–H and O–H groups in total. The fourth-order valence-electron chi connectivity index (χ4n) is 3.72. The zero-order valence-corrected chi connectivity index (χ0v) is 15.5. The molecule has 2 aromatic rings. The molecule has 2 aliphatic rings. The SMILES string of the molecule is COc1cc(F)c(C2CC(=O)N(c3cccc(N4CCOCC4)n3)C2)c(F)c1. The van der Waals surface area contributed by atoms with Crippen LogP contribution in [-0.4, -0.2) is 50.8 Å². The second-order valence-corrected chi connectivity index (χ2v) is 6.86. The number of ether oxygens (including phenoxy) is 2. The molecule has 2 fully saturated rings. The number of pyridine rings is 1. The lowest BCUT2D eigenvalue weighted by Gasteiger charge is -2.28. The lowest BCUT2D eigenvalue weighted by Crippen LogP contribution is -2.37. The fourth-order valence-corrected chi connectivity index (χ4v) is 3.72. The largest absolute Gasteiger partial charge is 0.497 e. The van der Waals surface area contributed by atoms with Gasteiger partial charge in [0.25, 0.3) is 0 Å². The molecule has 1 amide bonds. The van der Waals surface area contributed by atoms with Crippen molar-refractivity contribution in [2.45, 2.75) is 12.3 Å². The highest BCUT2D eigenvalue weighted by Gasteiger charge is 2.35. The van der Waals surface area contributed by atoms with Crippen molar-refractivity contribution in [2.24, 2.45) is 0 Å². The molecular weight excluding hydrogens is 368 g/mol. The Hall–Kier alpha value is -2.74. The summed E-state index contributed by atoms with van der Waals surface area (Å²) in [7, 11) is 1.35. The molecule has 0 saturated carbocycles. The van der Waals surface area contributed by atoms with Gasteiger partial charge in [-0.25, -0.2) is 13.8 Å². The Morgan fingerprint density at radius 3 is 2.50 bits per heavy atom. The van der Waals surface area contributed by atoms with Gasteiger partial charge < -0.3 is 14.4 Å². The smallest absolute Gasteiger partial charge is 0.228 e. The maximum atomic E-state index is 14.4. The monoisotopic (exact) mass is 389 g/mol. The van der Waals surface area contributed by atoms with Crippen LogP contribution in [0.4, 0.5) is 20.4 Å². The van der Waals surface area contributed by atoms with E-state index in [9.17, 15) is 13.6 Å². The molecule has 1 aromatic carbocycles. The first-order valence-corrected chi connectivity index (χ1v) is 9.20. The molecule has 148 valence electrons. The average Bonchev–Trinajstić information content (AvgIpc) is 3.09. The molecule has 0 radical (unpaired) electrons. The first-order chi connectivity index (χ1) is 13.6. The van der Waals surface area contributed by atoms with Crippen LogP contribution in [0.2, 0.25) is 0 Å². The summed E-state index contributed by atoms with van der Waals surface area (Å²) < 4.78 is 39.1. The summed E-state index contributed by atoms with van der Waals surface area (Å²) in [5, 5.41) is 0.